The van der Waals surface area contributed by atoms with Crippen LogP contribution in [0.25, 0.3) is 0 Å². The molecular formula is C9H8F3NO3. The summed E-state index contributed by atoms with van der Waals surface area (Å²) in [6.07, 6.45) is -4.64. The Bertz CT molecular complexity index is 429. The van der Waals surface area contributed by atoms with Gasteiger partial charge in [-0.3, -0.25) is 10.1 Å². The van der Waals surface area contributed by atoms with Crippen LogP contribution in [0.2, 0.25) is 0 Å². The first-order valence-electron chi connectivity index (χ1n) is 4.24. The number of aliphatic hydroxyl groups excluding tert-OH is 1. The van der Waals surface area contributed by atoms with Crippen molar-refractivity contribution in [2.24, 2.45) is 0 Å². The molecule has 1 aromatic carbocycles. The molecule has 0 saturated carbocycles. The number of nitrogens with zero attached hydrogens (tertiary/aromatic N) is 1. The molecule has 7 heteroatoms. The van der Waals surface area contributed by atoms with Gasteiger partial charge in [-0.15, -0.1) is 0 Å². The lowest BCUT2D eigenvalue weighted by Crippen LogP contribution is -2.10. The van der Waals surface area contributed by atoms with Crippen LogP contribution in [-0.4, -0.2) is 10.0 Å². The number of alkyl halides is 3. The third kappa shape index (κ3) is 2.13. The number of nitro benzene ring substituents is 1. The quantitative estimate of drug-likeness (QED) is 0.632. The fourth-order valence-electron chi connectivity index (χ4n) is 1.45. The van der Waals surface area contributed by atoms with Crippen molar-refractivity contribution in [3.05, 3.63) is 38.9 Å². The highest BCUT2D eigenvalue weighted by Gasteiger charge is 2.36. The predicted molar refractivity (Wildman–Crippen MR) is 48.8 cm³/mol. The Hall–Kier alpha value is -1.63. The van der Waals surface area contributed by atoms with Gasteiger partial charge in [0.2, 0.25) is 0 Å². The van der Waals surface area contributed by atoms with E-state index in [2.05, 4.69) is 0 Å². The summed E-state index contributed by atoms with van der Waals surface area (Å²) in [6.45, 7) is 0.343. The smallest absolute Gasteiger partial charge is 0.391 e. The molecule has 0 fully saturated rings. The molecule has 0 spiro atoms. The van der Waals surface area contributed by atoms with Gasteiger partial charge >= 0.3 is 6.18 Å². The number of hydrogen-bond acceptors (Lipinski definition) is 3. The summed E-state index contributed by atoms with van der Waals surface area (Å²) >= 11 is 0. The fraction of sp³-hybridized carbons (Fsp3) is 0.333. The summed E-state index contributed by atoms with van der Waals surface area (Å²) in [5.74, 6) is 0. The van der Waals surface area contributed by atoms with Crippen LogP contribution < -0.4 is 0 Å². The molecule has 0 heterocycles. The van der Waals surface area contributed by atoms with Gasteiger partial charge in [0, 0.05) is 5.56 Å². The van der Waals surface area contributed by atoms with E-state index < -0.39 is 34.5 Å². The Kier molecular flexibility index (Phi) is 3.18. The molecule has 0 aliphatic rings. The van der Waals surface area contributed by atoms with Gasteiger partial charge in [-0.05, 0) is 19.1 Å². The molecular weight excluding hydrogens is 227 g/mol. The number of benzene rings is 1. The lowest BCUT2D eigenvalue weighted by Gasteiger charge is -2.11. The van der Waals surface area contributed by atoms with Crippen molar-refractivity contribution in [2.45, 2.75) is 19.7 Å². The summed E-state index contributed by atoms with van der Waals surface area (Å²) in [4.78, 5) is 9.69. The number of nitro groups is 1. The summed E-state index contributed by atoms with van der Waals surface area (Å²) in [5.41, 5.74) is -2.35. The van der Waals surface area contributed by atoms with Gasteiger partial charge in [0.25, 0.3) is 5.69 Å². The number of rotatable bonds is 2. The standard InChI is InChI=1S/C9H8F3NO3/c1-5-7(9(10,11)12)3-2-6(4-14)8(5)13(15)16/h2-3,14H,4H2,1H3. The van der Waals surface area contributed by atoms with E-state index in [0.717, 1.165) is 19.1 Å². The van der Waals surface area contributed by atoms with Crippen LogP contribution in [0.15, 0.2) is 12.1 Å². The molecule has 0 atom stereocenters. The molecule has 1 N–H and O–H groups in total. The Balaban J connectivity index is 3.50. The maximum Gasteiger partial charge on any atom is 0.416 e. The second kappa shape index (κ2) is 4.09. The topological polar surface area (TPSA) is 63.4 Å². The fourth-order valence-corrected chi connectivity index (χ4v) is 1.45. The van der Waals surface area contributed by atoms with Crippen molar-refractivity contribution in [3.63, 3.8) is 0 Å². The zero-order valence-corrected chi connectivity index (χ0v) is 8.21. The Morgan fingerprint density at radius 2 is 2.00 bits per heavy atom. The molecule has 88 valence electrons. The Morgan fingerprint density at radius 1 is 1.44 bits per heavy atom. The van der Waals surface area contributed by atoms with Crippen molar-refractivity contribution in [2.75, 3.05) is 0 Å². The largest absolute Gasteiger partial charge is 0.416 e. The van der Waals surface area contributed by atoms with Gasteiger partial charge in [-0.1, -0.05) is 0 Å². The molecule has 0 aliphatic carbocycles. The summed E-state index contributed by atoms with van der Waals surface area (Å²) in [5, 5.41) is 19.4. The molecule has 0 radical (unpaired) electrons. The monoisotopic (exact) mass is 235 g/mol. The minimum atomic E-state index is -4.64. The van der Waals surface area contributed by atoms with Crippen LogP contribution in [0.4, 0.5) is 18.9 Å². The maximum absolute atomic E-state index is 12.4. The molecule has 0 saturated heterocycles. The SMILES string of the molecule is Cc1c(C(F)(F)F)ccc(CO)c1[N+](=O)[O-]. The van der Waals surface area contributed by atoms with Gasteiger partial charge < -0.3 is 5.11 Å². The van der Waals surface area contributed by atoms with E-state index in [-0.39, 0.29) is 5.56 Å². The van der Waals surface area contributed by atoms with Crippen LogP contribution >= 0.6 is 0 Å². The second-order valence-corrected chi connectivity index (χ2v) is 3.16. The summed E-state index contributed by atoms with van der Waals surface area (Å²) in [7, 11) is 0. The minimum Gasteiger partial charge on any atom is -0.391 e. The minimum absolute atomic E-state index is 0.129. The zero-order chi connectivity index (χ0) is 12.5. The molecule has 1 aromatic rings. The molecule has 0 aliphatic heterocycles. The van der Waals surface area contributed by atoms with E-state index in [1.165, 1.54) is 0 Å². The normalized spacial score (nSPS) is 11.6. The number of hydrogen-bond donors (Lipinski definition) is 1. The number of aliphatic hydroxyl groups is 1. The van der Waals surface area contributed by atoms with Gasteiger partial charge in [-0.25, -0.2) is 0 Å². The summed E-state index contributed by atoms with van der Waals surface area (Å²) < 4.78 is 37.3. The second-order valence-electron chi connectivity index (χ2n) is 3.16. The van der Waals surface area contributed by atoms with E-state index in [9.17, 15) is 23.3 Å². The Morgan fingerprint density at radius 3 is 2.38 bits per heavy atom. The van der Waals surface area contributed by atoms with Crippen molar-refractivity contribution >= 4 is 5.69 Å². The van der Waals surface area contributed by atoms with Gasteiger partial charge in [0.15, 0.2) is 0 Å². The first-order chi connectivity index (χ1) is 7.29. The van der Waals surface area contributed by atoms with E-state index in [1.807, 2.05) is 0 Å². The van der Waals surface area contributed by atoms with Gasteiger partial charge in [-0.2, -0.15) is 13.2 Å². The van der Waals surface area contributed by atoms with E-state index in [1.54, 1.807) is 0 Å². The third-order valence-corrected chi connectivity index (χ3v) is 2.17. The predicted octanol–water partition coefficient (Wildman–Crippen LogP) is 2.41. The average molecular weight is 235 g/mol. The van der Waals surface area contributed by atoms with Crippen LogP contribution in [0.3, 0.4) is 0 Å². The third-order valence-electron chi connectivity index (χ3n) is 2.17. The molecule has 4 nitrogen and oxygen atoms in total. The molecule has 1 rings (SSSR count). The van der Waals surface area contributed by atoms with Crippen LogP contribution in [-0.2, 0) is 12.8 Å². The molecule has 0 unspecified atom stereocenters. The van der Waals surface area contributed by atoms with Crippen molar-refractivity contribution in [1.82, 2.24) is 0 Å². The van der Waals surface area contributed by atoms with Crippen LogP contribution in [0.5, 0.6) is 0 Å². The van der Waals surface area contributed by atoms with Crippen LogP contribution in [0, 0.1) is 17.0 Å². The highest BCUT2D eigenvalue weighted by Crippen LogP contribution is 2.37. The van der Waals surface area contributed by atoms with Crippen molar-refractivity contribution in [1.29, 1.82) is 0 Å². The Labute approximate surface area is 88.5 Å². The number of halogens is 3. The first kappa shape index (κ1) is 12.4. The molecule has 0 amide bonds. The molecule has 16 heavy (non-hydrogen) atoms. The molecule has 0 aromatic heterocycles. The molecule has 0 bridgehead atoms. The van der Waals surface area contributed by atoms with E-state index >= 15 is 0 Å². The van der Waals surface area contributed by atoms with Gasteiger partial charge in [0.1, 0.15) is 0 Å². The lowest BCUT2D eigenvalue weighted by atomic mass is 10.0. The van der Waals surface area contributed by atoms with E-state index in [0.29, 0.717) is 0 Å². The lowest BCUT2D eigenvalue weighted by molar-refractivity contribution is -0.386. The van der Waals surface area contributed by atoms with Gasteiger partial charge in [0.05, 0.1) is 22.7 Å². The highest BCUT2D eigenvalue weighted by molar-refractivity contribution is 5.51. The first-order valence-corrected chi connectivity index (χ1v) is 4.24. The van der Waals surface area contributed by atoms with Crippen molar-refractivity contribution < 1.29 is 23.2 Å². The summed E-state index contributed by atoms with van der Waals surface area (Å²) in [6, 6.07) is 1.64. The average Bonchev–Trinajstić information content (AvgIpc) is 2.14. The maximum atomic E-state index is 12.4. The van der Waals surface area contributed by atoms with Crippen LogP contribution in [0.1, 0.15) is 16.7 Å². The van der Waals surface area contributed by atoms with Crippen molar-refractivity contribution in [3.8, 4) is 0 Å². The zero-order valence-electron chi connectivity index (χ0n) is 8.21. The van der Waals surface area contributed by atoms with E-state index in [4.69, 9.17) is 5.11 Å². The highest BCUT2D eigenvalue weighted by atomic mass is 19.4.